The number of benzene rings is 1. The Morgan fingerprint density at radius 1 is 1.24 bits per heavy atom. The quantitative estimate of drug-likeness (QED) is 0.916. The lowest BCUT2D eigenvalue weighted by Gasteiger charge is -2.26. The number of halogens is 1. The Kier molecular flexibility index (Phi) is 4.75. The Bertz CT molecular complexity index is 608. The van der Waals surface area contributed by atoms with E-state index < -0.39 is 0 Å². The predicted octanol–water partition coefficient (Wildman–Crippen LogP) is 1.90. The molecule has 1 aliphatic rings. The van der Waals surface area contributed by atoms with Crippen LogP contribution in [0.4, 0.5) is 0 Å². The van der Waals surface area contributed by atoms with E-state index in [1.54, 1.807) is 0 Å². The highest BCUT2D eigenvalue weighted by Crippen LogP contribution is 2.21. The van der Waals surface area contributed by atoms with E-state index in [0.29, 0.717) is 10.8 Å². The standard InChI is InChI=1S/C15H20ClN3O2/c16-12-2-3-14-13(10-12)17-15(11-20)19(14)5-1-4-18-6-8-21-9-7-18/h2-3,10,20H,1,4-9,11H2. The minimum Gasteiger partial charge on any atom is -0.388 e. The molecule has 1 aromatic heterocycles. The SMILES string of the molecule is OCc1nc2cc(Cl)ccc2n1CCCN1CCOCC1. The molecule has 0 spiro atoms. The van der Waals surface area contributed by atoms with E-state index in [4.69, 9.17) is 16.3 Å². The van der Waals surface area contributed by atoms with Gasteiger partial charge in [0.25, 0.3) is 0 Å². The molecule has 21 heavy (non-hydrogen) atoms. The van der Waals surface area contributed by atoms with Gasteiger partial charge in [0.2, 0.25) is 0 Å². The molecule has 5 nitrogen and oxygen atoms in total. The normalized spacial score (nSPS) is 16.7. The molecule has 0 amide bonds. The lowest BCUT2D eigenvalue weighted by molar-refractivity contribution is 0.0369. The fraction of sp³-hybridized carbons (Fsp3) is 0.533. The highest BCUT2D eigenvalue weighted by Gasteiger charge is 2.12. The molecule has 1 saturated heterocycles. The van der Waals surface area contributed by atoms with Crippen LogP contribution in [0.25, 0.3) is 11.0 Å². The number of morpholine rings is 1. The van der Waals surface area contributed by atoms with E-state index in [1.807, 2.05) is 18.2 Å². The fourth-order valence-corrected chi connectivity index (χ4v) is 2.97. The second-order valence-corrected chi connectivity index (χ2v) is 5.71. The molecule has 1 aromatic carbocycles. The Morgan fingerprint density at radius 3 is 2.81 bits per heavy atom. The third kappa shape index (κ3) is 3.37. The van der Waals surface area contributed by atoms with E-state index in [9.17, 15) is 5.11 Å². The van der Waals surface area contributed by atoms with E-state index in [2.05, 4.69) is 14.5 Å². The Balaban J connectivity index is 1.70. The highest BCUT2D eigenvalue weighted by atomic mass is 35.5. The van der Waals surface area contributed by atoms with Crippen LogP contribution < -0.4 is 0 Å². The number of aryl methyl sites for hydroxylation is 1. The van der Waals surface area contributed by atoms with E-state index in [0.717, 1.165) is 56.8 Å². The number of imidazole rings is 1. The van der Waals surface area contributed by atoms with Gasteiger partial charge in [-0.3, -0.25) is 4.90 Å². The zero-order valence-electron chi connectivity index (χ0n) is 12.0. The maximum Gasteiger partial charge on any atom is 0.135 e. The largest absolute Gasteiger partial charge is 0.388 e. The van der Waals surface area contributed by atoms with Crippen molar-refractivity contribution in [1.29, 1.82) is 0 Å². The molecule has 0 aliphatic carbocycles. The van der Waals surface area contributed by atoms with Crippen molar-refractivity contribution in [2.45, 2.75) is 19.6 Å². The van der Waals surface area contributed by atoms with Gasteiger partial charge in [-0.1, -0.05) is 11.6 Å². The number of aromatic nitrogens is 2. The van der Waals surface area contributed by atoms with Gasteiger partial charge in [-0.25, -0.2) is 4.98 Å². The Labute approximate surface area is 129 Å². The third-order valence-electron chi connectivity index (χ3n) is 3.89. The highest BCUT2D eigenvalue weighted by molar-refractivity contribution is 6.31. The number of aliphatic hydroxyl groups excluding tert-OH is 1. The molecule has 1 N–H and O–H groups in total. The summed E-state index contributed by atoms with van der Waals surface area (Å²) in [6.45, 7) is 5.51. The maximum atomic E-state index is 9.49. The number of aliphatic hydroxyl groups is 1. The molecule has 3 rings (SSSR count). The summed E-state index contributed by atoms with van der Waals surface area (Å²) in [5, 5.41) is 10.2. The summed E-state index contributed by atoms with van der Waals surface area (Å²) < 4.78 is 7.44. The van der Waals surface area contributed by atoms with Crippen molar-refractivity contribution in [3.63, 3.8) is 0 Å². The molecule has 0 bridgehead atoms. The molecule has 2 aromatic rings. The van der Waals surface area contributed by atoms with Crippen molar-refractivity contribution in [2.24, 2.45) is 0 Å². The van der Waals surface area contributed by atoms with E-state index >= 15 is 0 Å². The van der Waals surface area contributed by atoms with Crippen molar-refractivity contribution in [3.8, 4) is 0 Å². The Hall–Kier alpha value is -1.14. The minimum atomic E-state index is -0.0517. The van der Waals surface area contributed by atoms with Gasteiger partial charge in [-0.05, 0) is 24.6 Å². The number of fused-ring (bicyclic) bond motifs is 1. The first-order valence-electron chi connectivity index (χ1n) is 7.33. The fourth-order valence-electron chi connectivity index (χ4n) is 2.80. The lowest BCUT2D eigenvalue weighted by Crippen LogP contribution is -2.37. The van der Waals surface area contributed by atoms with E-state index in [-0.39, 0.29) is 6.61 Å². The van der Waals surface area contributed by atoms with Crippen LogP contribution in [0.3, 0.4) is 0 Å². The monoisotopic (exact) mass is 309 g/mol. The van der Waals surface area contributed by atoms with Crippen molar-refractivity contribution in [3.05, 3.63) is 29.0 Å². The van der Waals surface area contributed by atoms with Gasteiger partial charge in [0, 0.05) is 31.2 Å². The lowest BCUT2D eigenvalue weighted by atomic mass is 10.3. The second-order valence-electron chi connectivity index (χ2n) is 5.28. The first-order valence-corrected chi connectivity index (χ1v) is 7.71. The smallest absolute Gasteiger partial charge is 0.135 e. The molecule has 0 radical (unpaired) electrons. The van der Waals surface area contributed by atoms with Crippen LogP contribution in [0, 0.1) is 0 Å². The van der Waals surface area contributed by atoms with Gasteiger partial charge in [0.15, 0.2) is 0 Å². The van der Waals surface area contributed by atoms with E-state index in [1.165, 1.54) is 0 Å². The van der Waals surface area contributed by atoms with Gasteiger partial charge in [-0.15, -0.1) is 0 Å². The number of hydrogen-bond acceptors (Lipinski definition) is 4. The third-order valence-corrected chi connectivity index (χ3v) is 4.13. The second kappa shape index (κ2) is 6.75. The van der Waals surface area contributed by atoms with Gasteiger partial charge in [-0.2, -0.15) is 0 Å². The summed E-state index contributed by atoms with van der Waals surface area (Å²) in [7, 11) is 0. The predicted molar refractivity (Wildman–Crippen MR) is 82.5 cm³/mol. The molecule has 1 aliphatic heterocycles. The van der Waals surface area contributed by atoms with Crippen LogP contribution in [0.15, 0.2) is 18.2 Å². The molecule has 0 atom stereocenters. The van der Waals surface area contributed by atoms with Gasteiger partial charge < -0.3 is 14.4 Å². The number of ether oxygens (including phenoxy) is 1. The summed E-state index contributed by atoms with van der Waals surface area (Å²) in [6, 6.07) is 5.68. The molecule has 2 heterocycles. The van der Waals surface area contributed by atoms with Crippen LogP contribution in [0.5, 0.6) is 0 Å². The molecule has 0 unspecified atom stereocenters. The number of nitrogens with zero attached hydrogens (tertiary/aromatic N) is 3. The zero-order valence-corrected chi connectivity index (χ0v) is 12.7. The number of hydrogen-bond donors (Lipinski definition) is 1. The van der Waals surface area contributed by atoms with Crippen LogP contribution in [0.1, 0.15) is 12.2 Å². The summed E-state index contributed by atoms with van der Waals surface area (Å²) >= 11 is 6.00. The van der Waals surface area contributed by atoms with Crippen molar-refractivity contribution in [2.75, 3.05) is 32.8 Å². The minimum absolute atomic E-state index is 0.0517. The molecule has 114 valence electrons. The summed E-state index contributed by atoms with van der Waals surface area (Å²) in [6.07, 6.45) is 1.03. The van der Waals surface area contributed by atoms with Crippen LogP contribution in [-0.2, 0) is 17.9 Å². The Morgan fingerprint density at radius 2 is 2.05 bits per heavy atom. The first kappa shape index (κ1) is 14.8. The van der Waals surface area contributed by atoms with Crippen LogP contribution in [-0.4, -0.2) is 52.4 Å². The first-order chi connectivity index (χ1) is 10.3. The molecule has 6 heteroatoms. The maximum absolute atomic E-state index is 9.49. The van der Waals surface area contributed by atoms with Crippen LogP contribution >= 0.6 is 11.6 Å². The summed E-state index contributed by atoms with van der Waals surface area (Å²) in [5.74, 6) is 0.703. The molecule has 0 saturated carbocycles. The van der Waals surface area contributed by atoms with Crippen LogP contribution in [0.2, 0.25) is 5.02 Å². The van der Waals surface area contributed by atoms with Gasteiger partial charge >= 0.3 is 0 Å². The number of rotatable bonds is 5. The summed E-state index contributed by atoms with van der Waals surface area (Å²) in [4.78, 5) is 6.87. The van der Waals surface area contributed by atoms with Crippen molar-refractivity contribution >= 4 is 22.6 Å². The topological polar surface area (TPSA) is 50.5 Å². The van der Waals surface area contributed by atoms with Crippen molar-refractivity contribution < 1.29 is 9.84 Å². The molecular weight excluding hydrogens is 290 g/mol. The summed E-state index contributed by atoms with van der Waals surface area (Å²) in [5.41, 5.74) is 1.88. The zero-order chi connectivity index (χ0) is 14.7. The molecule has 1 fully saturated rings. The molecular formula is C15H20ClN3O2. The average Bonchev–Trinajstić information content (AvgIpc) is 2.85. The average molecular weight is 310 g/mol. The van der Waals surface area contributed by atoms with Gasteiger partial charge in [0.05, 0.1) is 24.2 Å². The van der Waals surface area contributed by atoms with Crippen molar-refractivity contribution in [1.82, 2.24) is 14.5 Å². The van der Waals surface area contributed by atoms with Gasteiger partial charge in [0.1, 0.15) is 12.4 Å².